The molecule has 1 aliphatic carbocycles. The molecular formula is C24H31N3O8S2. The van der Waals surface area contributed by atoms with Gasteiger partial charge in [0.05, 0.1) is 50.3 Å². The summed E-state index contributed by atoms with van der Waals surface area (Å²) in [6.07, 6.45) is 3.68. The number of sulfone groups is 1. The number of benzene rings is 1. The molecule has 0 unspecified atom stereocenters. The highest BCUT2D eigenvalue weighted by atomic mass is 32.2. The van der Waals surface area contributed by atoms with Crippen LogP contribution in [0.5, 0.6) is 17.2 Å². The number of hydrogen-bond donors (Lipinski definition) is 2. The fraction of sp³-hybridized carbons (Fsp3) is 0.458. The Balaban J connectivity index is 1.93. The number of anilines is 1. The van der Waals surface area contributed by atoms with Gasteiger partial charge >= 0.3 is 0 Å². The van der Waals surface area contributed by atoms with Crippen LogP contribution in [-0.2, 0) is 19.9 Å². The summed E-state index contributed by atoms with van der Waals surface area (Å²) in [4.78, 5) is 4.39. The number of aromatic nitrogens is 2. The lowest BCUT2D eigenvalue weighted by atomic mass is 10.1. The molecule has 1 aromatic carbocycles. The molecule has 1 fully saturated rings. The molecule has 0 aliphatic heterocycles. The number of aliphatic hydroxyl groups excluding tert-OH is 1. The first-order valence-corrected chi connectivity index (χ1v) is 14.4. The molecule has 2 aromatic heterocycles. The van der Waals surface area contributed by atoms with E-state index in [1.54, 1.807) is 37.3 Å². The maximum atomic E-state index is 13.3. The number of fused-ring (bicyclic) bond motifs is 1. The molecule has 2 N–H and O–H groups in total. The Morgan fingerprint density at radius 3 is 2.19 bits per heavy atom. The lowest BCUT2D eigenvalue weighted by Crippen LogP contribution is -2.33. The van der Waals surface area contributed by atoms with Gasteiger partial charge in [0, 0.05) is 17.8 Å². The smallest absolute Gasteiger partial charge is 0.240 e. The average molecular weight is 554 g/mol. The fourth-order valence-electron chi connectivity index (χ4n) is 3.98. The Kier molecular flexibility index (Phi) is 6.62. The van der Waals surface area contributed by atoms with E-state index in [1.165, 1.54) is 39.8 Å². The highest BCUT2D eigenvalue weighted by molar-refractivity contribution is 7.94. The summed E-state index contributed by atoms with van der Waals surface area (Å²) in [6.45, 7) is 4.31. The van der Waals surface area contributed by atoms with Gasteiger partial charge in [-0.1, -0.05) is 0 Å². The van der Waals surface area contributed by atoms with Crippen LogP contribution in [0.15, 0.2) is 35.5 Å². The van der Waals surface area contributed by atoms with Crippen molar-refractivity contribution in [3.63, 3.8) is 0 Å². The van der Waals surface area contributed by atoms with Gasteiger partial charge in [-0.15, -0.1) is 0 Å². The molecule has 2 heterocycles. The number of ether oxygens (including phenoxy) is 3. The van der Waals surface area contributed by atoms with E-state index in [-0.39, 0.29) is 27.8 Å². The van der Waals surface area contributed by atoms with Crippen LogP contribution >= 0.6 is 0 Å². The predicted octanol–water partition coefficient (Wildman–Crippen LogP) is 2.87. The molecule has 4 rings (SSSR count). The number of rotatable bonds is 9. The molecule has 0 atom stereocenters. The predicted molar refractivity (Wildman–Crippen MR) is 139 cm³/mol. The van der Waals surface area contributed by atoms with Crippen molar-refractivity contribution in [2.75, 3.05) is 32.7 Å². The standard InChI is InChI=1S/C24H31N3O8S2/c1-23(2,3)36(29,30)20-13-27-17(12-25-21(27)11-18(20)33-4)15-9-16(22(35-6)19(10-15)34-5)26-37(31,32)24(14-28)7-8-24/h9-13,26,28H,7-8,14H2,1-6H3. The van der Waals surface area contributed by atoms with E-state index in [0.717, 1.165) is 0 Å². The van der Waals surface area contributed by atoms with Crippen molar-refractivity contribution in [3.05, 3.63) is 30.6 Å². The quantitative estimate of drug-likeness (QED) is 0.408. The minimum Gasteiger partial charge on any atom is -0.495 e. The van der Waals surface area contributed by atoms with Crippen LogP contribution in [0.2, 0.25) is 0 Å². The molecule has 0 saturated heterocycles. The van der Waals surface area contributed by atoms with Gasteiger partial charge < -0.3 is 19.3 Å². The maximum absolute atomic E-state index is 13.3. The molecule has 0 spiro atoms. The molecule has 0 bridgehead atoms. The maximum Gasteiger partial charge on any atom is 0.240 e. The van der Waals surface area contributed by atoms with Crippen LogP contribution in [0.3, 0.4) is 0 Å². The van der Waals surface area contributed by atoms with Crippen molar-refractivity contribution in [2.45, 2.75) is 48.0 Å². The second-order valence-electron chi connectivity index (χ2n) is 9.90. The molecule has 202 valence electrons. The summed E-state index contributed by atoms with van der Waals surface area (Å²) in [7, 11) is -3.53. The minimum atomic E-state index is -3.94. The summed E-state index contributed by atoms with van der Waals surface area (Å²) in [5, 5.41) is 9.67. The second kappa shape index (κ2) is 9.07. The Morgan fingerprint density at radius 1 is 1.03 bits per heavy atom. The van der Waals surface area contributed by atoms with Gasteiger partial charge in [-0.2, -0.15) is 0 Å². The highest BCUT2D eigenvalue weighted by Gasteiger charge is 2.54. The zero-order chi connectivity index (χ0) is 27.4. The number of sulfonamides is 1. The van der Waals surface area contributed by atoms with E-state index < -0.39 is 36.0 Å². The van der Waals surface area contributed by atoms with Gasteiger partial charge in [0.1, 0.15) is 21.0 Å². The van der Waals surface area contributed by atoms with Crippen LogP contribution < -0.4 is 18.9 Å². The van der Waals surface area contributed by atoms with Crippen molar-refractivity contribution in [2.24, 2.45) is 0 Å². The van der Waals surface area contributed by atoms with Crippen LogP contribution in [-0.4, -0.2) is 68.8 Å². The van der Waals surface area contributed by atoms with Gasteiger partial charge in [0.2, 0.25) is 10.0 Å². The molecule has 1 aliphatic rings. The van der Waals surface area contributed by atoms with E-state index >= 15 is 0 Å². The molecule has 11 nitrogen and oxygen atoms in total. The van der Waals surface area contributed by atoms with Crippen molar-refractivity contribution >= 4 is 31.2 Å². The van der Waals surface area contributed by atoms with Gasteiger partial charge in [-0.25, -0.2) is 21.8 Å². The van der Waals surface area contributed by atoms with E-state index in [4.69, 9.17) is 14.2 Å². The SMILES string of the molecule is COc1cc2ncc(-c3cc(NS(=O)(=O)C4(CO)CC4)c(OC)c(OC)c3)n2cc1S(=O)(=O)C(C)(C)C. The number of aliphatic hydroxyl groups is 1. The number of nitrogens with one attached hydrogen (secondary N) is 1. The molecule has 0 radical (unpaired) electrons. The normalized spacial score (nSPS) is 15.4. The van der Waals surface area contributed by atoms with Crippen LogP contribution in [0, 0.1) is 0 Å². The zero-order valence-corrected chi connectivity index (χ0v) is 23.2. The molecule has 13 heteroatoms. The summed E-state index contributed by atoms with van der Waals surface area (Å²) in [5.74, 6) is 0.576. The highest BCUT2D eigenvalue weighted by Crippen LogP contribution is 2.46. The lowest BCUT2D eigenvalue weighted by Gasteiger charge is -2.21. The molecular weight excluding hydrogens is 522 g/mol. The van der Waals surface area contributed by atoms with Gasteiger partial charge in [0.25, 0.3) is 0 Å². The number of methoxy groups -OCH3 is 3. The van der Waals surface area contributed by atoms with Gasteiger partial charge in [-0.05, 0) is 45.7 Å². The Morgan fingerprint density at radius 2 is 1.68 bits per heavy atom. The largest absolute Gasteiger partial charge is 0.495 e. The third-order valence-corrected chi connectivity index (χ3v) is 11.2. The van der Waals surface area contributed by atoms with Crippen molar-refractivity contribution in [3.8, 4) is 28.5 Å². The first-order chi connectivity index (χ1) is 17.2. The third kappa shape index (κ3) is 4.38. The van der Waals surface area contributed by atoms with Crippen LogP contribution in [0.4, 0.5) is 5.69 Å². The van der Waals surface area contributed by atoms with Crippen LogP contribution in [0.1, 0.15) is 33.6 Å². The minimum absolute atomic E-state index is 0.00530. The number of imidazole rings is 1. The summed E-state index contributed by atoms with van der Waals surface area (Å²) < 4.78 is 70.8. The Bertz CT molecular complexity index is 1570. The van der Waals surface area contributed by atoms with Gasteiger partial charge in [-0.3, -0.25) is 9.12 Å². The van der Waals surface area contributed by atoms with E-state index in [9.17, 15) is 21.9 Å². The topological polar surface area (TPSA) is 146 Å². The molecule has 0 amide bonds. The molecule has 3 aromatic rings. The van der Waals surface area contributed by atoms with Crippen molar-refractivity contribution < 1.29 is 36.2 Å². The zero-order valence-electron chi connectivity index (χ0n) is 21.5. The fourth-order valence-corrected chi connectivity index (χ4v) is 6.76. The molecule has 1 saturated carbocycles. The first kappa shape index (κ1) is 27.0. The first-order valence-electron chi connectivity index (χ1n) is 11.4. The van der Waals surface area contributed by atoms with Crippen molar-refractivity contribution in [1.82, 2.24) is 9.38 Å². The van der Waals surface area contributed by atoms with Crippen molar-refractivity contribution in [1.29, 1.82) is 0 Å². The summed E-state index contributed by atoms with van der Waals surface area (Å²) >= 11 is 0. The number of nitrogens with zero attached hydrogens (tertiary/aromatic N) is 2. The monoisotopic (exact) mass is 553 g/mol. The molecule has 37 heavy (non-hydrogen) atoms. The Labute approximate surface area is 216 Å². The van der Waals surface area contributed by atoms with E-state index in [1.807, 2.05) is 0 Å². The van der Waals surface area contributed by atoms with E-state index in [2.05, 4.69) is 9.71 Å². The third-order valence-electron chi connectivity index (χ3n) is 6.58. The lowest BCUT2D eigenvalue weighted by molar-refractivity contribution is 0.284. The summed E-state index contributed by atoms with van der Waals surface area (Å²) in [6, 6.07) is 4.73. The number of pyridine rings is 1. The van der Waals surface area contributed by atoms with E-state index in [0.29, 0.717) is 29.7 Å². The summed E-state index contributed by atoms with van der Waals surface area (Å²) in [5.41, 5.74) is 1.50. The van der Waals surface area contributed by atoms with Crippen LogP contribution in [0.25, 0.3) is 16.9 Å². The van der Waals surface area contributed by atoms with Gasteiger partial charge in [0.15, 0.2) is 21.3 Å². The Hall–Kier alpha value is -3.03. The number of hydrogen-bond acceptors (Lipinski definition) is 9. The average Bonchev–Trinajstić information content (AvgIpc) is 3.55. The second-order valence-corrected chi connectivity index (χ2v) is 14.6.